The summed E-state index contributed by atoms with van der Waals surface area (Å²) in [6.07, 6.45) is 0. The lowest BCUT2D eigenvalue weighted by molar-refractivity contribution is 1.08. The van der Waals surface area contributed by atoms with Gasteiger partial charge < -0.3 is 4.98 Å². The minimum Gasteiger partial charge on any atom is -0.337 e. The normalized spacial score (nSPS) is 11.2. The Bertz CT molecular complexity index is 945. The quantitative estimate of drug-likeness (QED) is 0.579. The molecule has 0 radical (unpaired) electrons. The zero-order chi connectivity index (χ0) is 15.1. The van der Waals surface area contributed by atoms with Crippen molar-refractivity contribution in [1.82, 2.24) is 20.2 Å². The van der Waals surface area contributed by atoms with Gasteiger partial charge in [0, 0.05) is 5.56 Å². The molecule has 0 fully saturated rings. The molecule has 2 heterocycles. The molecule has 2 aromatic carbocycles. The van der Waals surface area contributed by atoms with Crippen LogP contribution in [0.3, 0.4) is 0 Å². The Morgan fingerprint density at radius 3 is 2.45 bits per heavy atom. The van der Waals surface area contributed by atoms with Gasteiger partial charge in [0.25, 0.3) is 0 Å². The Kier molecular flexibility index (Phi) is 2.82. The van der Waals surface area contributed by atoms with Gasteiger partial charge in [-0.2, -0.15) is 5.10 Å². The van der Waals surface area contributed by atoms with Gasteiger partial charge in [0.2, 0.25) is 0 Å². The zero-order valence-electron chi connectivity index (χ0n) is 12.5. The molecule has 0 spiro atoms. The van der Waals surface area contributed by atoms with Crippen LogP contribution in [0.2, 0.25) is 0 Å². The number of hydrogen-bond donors (Lipinski definition) is 2. The average molecular weight is 288 g/mol. The van der Waals surface area contributed by atoms with Crippen LogP contribution in [0.15, 0.2) is 48.5 Å². The van der Waals surface area contributed by atoms with E-state index in [1.165, 1.54) is 11.1 Å². The summed E-state index contributed by atoms with van der Waals surface area (Å²) in [5.74, 6) is 0.812. The molecule has 0 saturated heterocycles. The van der Waals surface area contributed by atoms with E-state index in [2.05, 4.69) is 70.4 Å². The number of hydrogen-bond acceptors (Lipinski definition) is 2. The third kappa shape index (κ3) is 2.19. The first kappa shape index (κ1) is 12.8. The standard InChI is InChI=1S/C18H16N4/c1-11-3-6-13(7-4-11)15-10-17(22-21-15)18-19-14-8-5-12(2)9-16(14)20-18/h3-10H,1-2H3,(H,19,20)(H,21,22). The maximum absolute atomic E-state index is 4.62. The molecule has 0 saturated carbocycles. The molecule has 4 aromatic rings. The minimum absolute atomic E-state index is 0.812. The Labute approximate surface area is 128 Å². The number of rotatable bonds is 2. The topological polar surface area (TPSA) is 57.4 Å². The van der Waals surface area contributed by atoms with E-state index in [-0.39, 0.29) is 0 Å². The maximum Gasteiger partial charge on any atom is 0.156 e. The summed E-state index contributed by atoms with van der Waals surface area (Å²) in [5, 5.41) is 7.46. The molecular weight excluding hydrogens is 272 g/mol. The van der Waals surface area contributed by atoms with Crippen molar-refractivity contribution in [3.05, 3.63) is 59.7 Å². The van der Waals surface area contributed by atoms with E-state index in [1.54, 1.807) is 0 Å². The lowest BCUT2D eigenvalue weighted by Crippen LogP contribution is -1.79. The predicted octanol–water partition coefficient (Wildman–Crippen LogP) is 4.24. The van der Waals surface area contributed by atoms with E-state index in [9.17, 15) is 0 Å². The van der Waals surface area contributed by atoms with Gasteiger partial charge in [0.05, 0.1) is 16.7 Å². The van der Waals surface area contributed by atoms with Gasteiger partial charge in [0.1, 0.15) is 5.69 Å². The molecule has 0 unspecified atom stereocenters. The highest BCUT2D eigenvalue weighted by Crippen LogP contribution is 2.24. The molecule has 108 valence electrons. The number of aromatic amines is 2. The van der Waals surface area contributed by atoms with E-state index >= 15 is 0 Å². The first-order valence-electron chi connectivity index (χ1n) is 7.28. The summed E-state index contributed by atoms with van der Waals surface area (Å²) >= 11 is 0. The van der Waals surface area contributed by atoms with E-state index in [4.69, 9.17) is 0 Å². The van der Waals surface area contributed by atoms with Gasteiger partial charge in [-0.3, -0.25) is 5.10 Å². The molecule has 0 aliphatic rings. The van der Waals surface area contributed by atoms with Crippen LogP contribution in [0.5, 0.6) is 0 Å². The SMILES string of the molecule is Cc1ccc(-c2cc(-c3nc4ccc(C)cc4[nH]3)[nH]n2)cc1. The molecule has 2 aromatic heterocycles. The fraction of sp³-hybridized carbons (Fsp3) is 0.111. The number of nitrogens with zero attached hydrogens (tertiary/aromatic N) is 2. The van der Waals surface area contributed by atoms with Crippen molar-refractivity contribution in [2.24, 2.45) is 0 Å². The van der Waals surface area contributed by atoms with E-state index in [0.29, 0.717) is 0 Å². The summed E-state index contributed by atoms with van der Waals surface area (Å²) in [6, 6.07) is 16.6. The molecule has 4 heteroatoms. The molecule has 2 N–H and O–H groups in total. The monoisotopic (exact) mass is 288 g/mol. The Morgan fingerprint density at radius 2 is 1.64 bits per heavy atom. The average Bonchev–Trinajstić information content (AvgIpc) is 3.13. The number of nitrogens with one attached hydrogen (secondary N) is 2. The largest absolute Gasteiger partial charge is 0.337 e. The van der Waals surface area contributed by atoms with E-state index in [0.717, 1.165) is 33.8 Å². The molecule has 0 aliphatic heterocycles. The van der Waals surface area contributed by atoms with Crippen LogP contribution < -0.4 is 0 Å². The van der Waals surface area contributed by atoms with Gasteiger partial charge in [-0.15, -0.1) is 0 Å². The van der Waals surface area contributed by atoms with Crippen molar-refractivity contribution in [2.75, 3.05) is 0 Å². The number of benzene rings is 2. The van der Waals surface area contributed by atoms with Crippen LogP contribution >= 0.6 is 0 Å². The lowest BCUT2D eigenvalue weighted by Gasteiger charge is -1.96. The highest BCUT2D eigenvalue weighted by atomic mass is 15.1. The van der Waals surface area contributed by atoms with E-state index < -0.39 is 0 Å². The van der Waals surface area contributed by atoms with Crippen molar-refractivity contribution in [1.29, 1.82) is 0 Å². The van der Waals surface area contributed by atoms with Crippen molar-refractivity contribution in [3.8, 4) is 22.8 Å². The molecular formula is C18H16N4. The van der Waals surface area contributed by atoms with Crippen LogP contribution in [0.4, 0.5) is 0 Å². The molecule has 4 rings (SSSR count). The van der Waals surface area contributed by atoms with Gasteiger partial charge >= 0.3 is 0 Å². The van der Waals surface area contributed by atoms with Gasteiger partial charge in [-0.25, -0.2) is 4.98 Å². The minimum atomic E-state index is 0.812. The van der Waals surface area contributed by atoms with Crippen LogP contribution in [0, 0.1) is 13.8 Å². The second kappa shape index (κ2) is 4.84. The molecule has 0 aliphatic carbocycles. The number of H-pyrrole nitrogens is 2. The molecule has 22 heavy (non-hydrogen) atoms. The molecule has 0 bridgehead atoms. The third-order valence-electron chi connectivity index (χ3n) is 3.82. The summed E-state index contributed by atoms with van der Waals surface area (Å²) in [6.45, 7) is 4.15. The first-order chi connectivity index (χ1) is 10.7. The van der Waals surface area contributed by atoms with Crippen LogP contribution in [0.25, 0.3) is 33.8 Å². The molecule has 0 amide bonds. The number of aromatic nitrogens is 4. The van der Waals surface area contributed by atoms with Gasteiger partial charge in [-0.05, 0) is 37.6 Å². The number of aryl methyl sites for hydroxylation is 2. The second-order valence-electron chi connectivity index (χ2n) is 5.64. The second-order valence-corrected chi connectivity index (χ2v) is 5.64. The van der Waals surface area contributed by atoms with Crippen molar-refractivity contribution >= 4 is 11.0 Å². The number of fused-ring (bicyclic) bond motifs is 1. The van der Waals surface area contributed by atoms with E-state index in [1.807, 2.05) is 12.1 Å². The predicted molar refractivity (Wildman–Crippen MR) is 88.6 cm³/mol. The van der Waals surface area contributed by atoms with Crippen LogP contribution in [-0.2, 0) is 0 Å². The summed E-state index contributed by atoms with van der Waals surface area (Å²) in [7, 11) is 0. The Balaban J connectivity index is 1.74. The first-order valence-corrected chi connectivity index (χ1v) is 7.28. The maximum atomic E-state index is 4.62. The lowest BCUT2D eigenvalue weighted by atomic mass is 10.1. The number of imidazole rings is 1. The highest BCUT2D eigenvalue weighted by molar-refractivity contribution is 5.80. The summed E-state index contributed by atoms with van der Waals surface area (Å²) in [4.78, 5) is 7.96. The Hall–Kier alpha value is -2.88. The fourth-order valence-electron chi connectivity index (χ4n) is 2.57. The highest BCUT2D eigenvalue weighted by Gasteiger charge is 2.10. The molecule has 4 nitrogen and oxygen atoms in total. The fourth-order valence-corrected chi connectivity index (χ4v) is 2.57. The molecule has 0 atom stereocenters. The Morgan fingerprint density at radius 1 is 0.864 bits per heavy atom. The van der Waals surface area contributed by atoms with Crippen LogP contribution in [0.1, 0.15) is 11.1 Å². The van der Waals surface area contributed by atoms with Gasteiger partial charge in [-0.1, -0.05) is 35.9 Å². The summed E-state index contributed by atoms with van der Waals surface area (Å²) < 4.78 is 0. The summed E-state index contributed by atoms with van der Waals surface area (Å²) in [5.41, 5.74) is 7.38. The van der Waals surface area contributed by atoms with Crippen molar-refractivity contribution < 1.29 is 0 Å². The smallest absolute Gasteiger partial charge is 0.156 e. The third-order valence-corrected chi connectivity index (χ3v) is 3.82. The van der Waals surface area contributed by atoms with Crippen molar-refractivity contribution in [3.63, 3.8) is 0 Å². The zero-order valence-corrected chi connectivity index (χ0v) is 12.5. The van der Waals surface area contributed by atoms with Crippen LogP contribution in [-0.4, -0.2) is 20.2 Å². The van der Waals surface area contributed by atoms with Gasteiger partial charge in [0.15, 0.2) is 5.82 Å². The van der Waals surface area contributed by atoms with Crippen molar-refractivity contribution in [2.45, 2.75) is 13.8 Å².